The molecule has 0 aliphatic heterocycles. The SMILES string of the molecule is CCC(C(=O)Nc1ccc(Cl)c(Cl)c1)n1cc(Br)cn1. The molecule has 1 heterocycles. The summed E-state index contributed by atoms with van der Waals surface area (Å²) in [6.07, 6.45) is 4.04. The van der Waals surface area contributed by atoms with Crippen LogP contribution in [0.5, 0.6) is 0 Å². The average molecular weight is 377 g/mol. The lowest BCUT2D eigenvalue weighted by atomic mass is 10.2. The molecule has 0 bridgehead atoms. The van der Waals surface area contributed by atoms with Crippen molar-refractivity contribution >= 4 is 50.7 Å². The van der Waals surface area contributed by atoms with Gasteiger partial charge < -0.3 is 5.32 Å². The van der Waals surface area contributed by atoms with Crippen LogP contribution in [0, 0.1) is 0 Å². The fraction of sp³-hybridized carbons (Fsp3) is 0.231. The molecule has 0 saturated heterocycles. The van der Waals surface area contributed by atoms with E-state index in [0.29, 0.717) is 22.2 Å². The van der Waals surface area contributed by atoms with Gasteiger partial charge in [-0.1, -0.05) is 30.1 Å². The molecule has 1 aromatic carbocycles. The van der Waals surface area contributed by atoms with Crippen molar-refractivity contribution in [1.29, 1.82) is 0 Å². The Hall–Kier alpha value is -1.04. The molecule has 1 N–H and O–H groups in total. The number of rotatable bonds is 4. The highest BCUT2D eigenvalue weighted by Crippen LogP contribution is 2.26. The molecule has 0 radical (unpaired) electrons. The van der Waals surface area contributed by atoms with Gasteiger partial charge in [-0.2, -0.15) is 5.10 Å². The summed E-state index contributed by atoms with van der Waals surface area (Å²) < 4.78 is 2.45. The van der Waals surface area contributed by atoms with Crippen molar-refractivity contribution in [2.75, 3.05) is 5.32 Å². The van der Waals surface area contributed by atoms with Crippen molar-refractivity contribution in [2.24, 2.45) is 0 Å². The van der Waals surface area contributed by atoms with Crippen LogP contribution < -0.4 is 5.32 Å². The second-order valence-corrected chi connectivity index (χ2v) is 5.91. The number of nitrogens with one attached hydrogen (secondary N) is 1. The van der Waals surface area contributed by atoms with Gasteiger partial charge in [0.25, 0.3) is 0 Å². The van der Waals surface area contributed by atoms with Crippen LogP contribution in [0.15, 0.2) is 35.1 Å². The van der Waals surface area contributed by atoms with Crippen molar-refractivity contribution in [3.63, 3.8) is 0 Å². The smallest absolute Gasteiger partial charge is 0.249 e. The Labute approximate surface area is 135 Å². The van der Waals surface area contributed by atoms with Crippen molar-refractivity contribution in [1.82, 2.24) is 9.78 Å². The lowest BCUT2D eigenvalue weighted by molar-refractivity contribution is -0.119. The lowest BCUT2D eigenvalue weighted by Crippen LogP contribution is -2.25. The van der Waals surface area contributed by atoms with Crippen LogP contribution in [0.3, 0.4) is 0 Å². The van der Waals surface area contributed by atoms with E-state index in [0.717, 1.165) is 4.47 Å². The first-order valence-electron chi connectivity index (χ1n) is 5.97. The molecule has 2 rings (SSSR count). The molecule has 1 aromatic heterocycles. The summed E-state index contributed by atoms with van der Waals surface area (Å²) in [5.41, 5.74) is 0.606. The van der Waals surface area contributed by atoms with E-state index in [4.69, 9.17) is 23.2 Å². The van der Waals surface area contributed by atoms with Crippen molar-refractivity contribution in [2.45, 2.75) is 19.4 Å². The Balaban J connectivity index is 2.15. The highest BCUT2D eigenvalue weighted by molar-refractivity contribution is 9.10. The molecular weight excluding hydrogens is 365 g/mol. The van der Waals surface area contributed by atoms with Crippen molar-refractivity contribution < 1.29 is 4.79 Å². The van der Waals surface area contributed by atoms with Gasteiger partial charge in [-0.15, -0.1) is 0 Å². The normalized spacial score (nSPS) is 12.2. The van der Waals surface area contributed by atoms with Gasteiger partial charge in [0, 0.05) is 11.9 Å². The Morgan fingerprint density at radius 1 is 1.45 bits per heavy atom. The van der Waals surface area contributed by atoms with Crippen molar-refractivity contribution in [3.8, 4) is 0 Å². The number of halogens is 3. The van der Waals surface area contributed by atoms with Crippen LogP contribution in [0.25, 0.3) is 0 Å². The molecule has 0 fully saturated rings. The standard InChI is InChI=1S/C13H12BrCl2N3O/c1-2-12(19-7-8(14)6-17-19)13(20)18-9-3-4-10(15)11(16)5-9/h3-7,12H,2H2,1H3,(H,18,20). The number of aromatic nitrogens is 2. The number of anilines is 1. The number of amides is 1. The second-order valence-electron chi connectivity index (χ2n) is 4.18. The molecule has 0 aliphatic rings. The van der Waals surface area contributed by atoms with E-state index >= 15 is 0 Å². The van der Waals surface area contributed by atoms with Crippen LogP contribution in [-0.4, -0.2) is 15.7 Å². The Bertz CT molecular complexity index is 630. The maximum absolute atomic E-state index is 12.3. The van der Waals surface area contributed by atoms with E-state index in [9.17, 15) is 4.79 Å². The van der Waals surface area contributed by atoms with E-state index in [1.165, 1.54) is 0 Å². The topological polar surface area (TPSA) is 46.9 Å². The maximum Gasteiger partial charge on any atom is 0.249 e. The summed E-state index contributed by atoms with van der Waals surface area (Å²) in [5, 5.41) is 7.81. The second kappa shape index (κ2) is 6.61. The number of benzene rings is 1. The minimum absolute atomic E-state index is 0.151. The molecule has 1 amide bonds. The first-order chi connectivity index (χ1) is 9.51. The molecule has 20 heavy (non-hydrogen) atoms. The molecule has 1 unspecified atom stereocenters. The van der Waals surface area contributed by atoms with Gasteiger partial charge in [-0.3, -0.25) is 9.48 Å². The third-order valence-corrected chi connectivity index (χ3v) is 3.91. The fourth-order valence-electron chi connectivity index (χ4n) is 1.78. The minimum Gasteiger partial charge on any atom is -0.324 e. The van der Waals surface area contributed by atoms with E-state index in [2.05, 4.69) is 26.3 Å². The predicted molar refractivity (Wildman–Crippen MR) is 84.3 cm³/mol. The summed E-state index contributed by atoms with van der Waals surface area (Å²) in [7, 11) is 0. The molecule has 7 heteroatoms. The first-order valence-corrected chi connectivity index (χ1v) is 7.51. The van der Waals surface area contributed by atoms with Crippen molar-refractivity contribution in [3.05, 3.63) is 45.1 Å². The summed E-state index contributed by atoms with van der Waals surface area (Å²) in [6.45, 7) is 1.93. The van der Waals surface area contributed by atoms with Gasteiger partial charge in [-0.25, -0.2) is 0 Å². The highest BCUT2D eigenvalue weighted by Gasteiger charge is 2.19. The zero-order chi connectivity index (χ0) is 14.7. The molecule has 0 spiro atoms. The third-order valence-electron chi connectivity index (χ3n) is 2.77. The highest BCUT2D eigenvalue weighted by atomic mass is 79.9. The monoisotopic (exact) mass is 375 g/mol. The number of hydrogen-bond donors (Lipinski definition) is 1. The number of nitrogens with zero attached hydrogens (tertiary/aromatic N) is 2. The fourth-order valence-corrected chi connectivity index (χ4v) is 2.38. The van der Waals surface area contributed by atoms with Crippen LogP contribution in [0.4, 0.5) is 5.69 Å². The summed E-state index contributed by atoms with van der Waals surface area (Å²) in [6, 6.07) is 4.59. The Morgan fingerprint density at radius 2 is 2.20 bits per heavy atom. The number of hydrogen-bond acceptors (Lipinski definition) is 2. The van der Waals surface area contributed by atoms with Crippen LogP contribution in [0.1, 0.15) is 19.4 Å². The number of carbonyl (C=O) groups is 1. The molecule has 2 aromatic rings. The first kappa shape index (κ1) is 15.4. The van der Waals surface area contributed by atoms with Gasteiger partial charge in [0.1, 0.15) is 6.04 Å². The van der Waals surface area contributed by atoms with Crippen LogP contribution in [-0.2, 0) is 4.79 Å². The number of carbonyl (C=O) groups excluding carboxylic acids is 1. The Kier molecular flexibility index (Phi) is 5.07. The minimum atomic E-state index is -0.379. The quantitative estimate of drug-likeness (QED) is 0.851. The van der Waals surface area contributed by atoms with E-state index in [1.807, 2.05) is 6.92 Å². The molecule has 1 atom stereocenters. The largest absolute Gasteiger partial charge is 0.324 e. The van der Waals surface area contributed by atoms with E-state index < -0.39 is 0 Å². The van der Waals surface area contributed by atoms with Crippen LogP contribution >= 0.6 is 39.1 Å². The lowest BCUT2D eigenvalue weighted by Gasteiger charge is -2.15. The zero-order valence-corrected chi connectivity index (χ0v) is 13.7. The van der Waals surface area contributed by atoms with Gasteiger partial charge in [0.2, 0.25) is 5.91 Å². The molecular formula is C13H12BrCl2N3O. The van der Waals surface area contributed by atoms with E-state index in [-0.39, 0.29) is 11.9 Å². The molecule has 106 valence electrons. The van der Waals surface area contributed by atoms with Gasteiger partial charge in [0.15, 0.2) is 0 Å². The Morgan fingerprint density at radius 3 is 2.75 bits per heavy atom. The van der Waals surface area contributed by atoms with Gasteiger partial charge in [0.05, 0.1) is 20.7 Å². The third kappa shape index (κ3) is 3.53. The maximum atomic E-state index is 12.3. The predicted octanol–water partition coefficient (Wildman–Crippen LogP) is 4.54. The summed E-state index contributed by atoms with van der Waals surface area (Å²) >= 11 is 15.1. The molecule has 0 aliphatic carbocycles. The average Bonchev–Trinajstić information content (AvgIpc) is 2.81. The van der Waals surface area contributed by atoms with E-state index in [1.54, 1.807) is 35.3 Å². The molecule has 4 nitrogen and oxygen atoms in total. The van der Waals surface area contributed by atoms with Gasteiger partial charge >= 0.3 is 0 Å². The zero-order valence-electron chi connectivity index (χ0n) is 10.6. The summed E-state index contributed by atoms with van der Waals surface area (Å²) in [4.78, 5) is 12.3. The van der Waals surface area contributed by atoms with Gasteiger partial charge in [-0.05, 0) is 40.5 Å². The summed E-state index contributed by atoms with van der Waals surface area (Å²) in [5.74, 6) is -0.151. The molecule has 0 saturated carbocycles. The van der Waals surface area contributed by atoms with Crippen LogP contribution in [0.2, 0.25) is 10.0 Å².